The van der Waals surface area contributed by atoms with Crippen LogP contribution in [0.2, 0.25) is 5.02 Å². The van der Waals surface area contributed by atoms with E-state index in [1.165, 1.54) is 0 Å². The Morgan fingerprint density at radius 3 is 2.45 bits per heavy atom. The molecule has 3 heterocycles. The molecule has 1 atom stereocenters. The second-order valence-corrected chi connectivity index (χ2v) is 10.8. The lowest BCUT2D eigenvalue weighted by atomic mass is 9.86. The number of esters is 1. The monoisotopic (exact) mass is 621 g/mol. The molecule has 2 aliphatic heterocycles. The first-order valence-electron chi connectivity index (χ1n) is 14.5. The van der Waals surface area contributed by atoms with Gasteiger partial charge in [0.25, 0.3) is 0 Å². The number of carbonyl (C=O) groups excluding carboxylic acids is 3. The first kappa shape index (κ1) is 36.0. The van der Waals surface area contributed by atoms with Gasteiger partial charge < -0.3 is 25.4 Å². The molecule has 236 valence electrons. The smallest absolute Gasteiger partial charge is 0.341 e. The topological polar surface area (TPSA) is 120 Å². The molecule has 3 N–H and O–H groups in total. The van der Waals surface area contributed by atoms with Crippen LogP contribution in [0.4, 0.5) is 0 Å². The highest BCUT2D eigenvalue weighted by atomic mass is 35.5. The van der Waals surface area contributed by atoms with Crippen molar-refractivity contribution in [1.29, 1.82) is 0 Å². The Morgan fingerprint density at radius 1 is 1.11 bits per heavy atom. The maximum absolute atomic E-state index is 13.3. The fourth-order valence-electron chi connectivity index (χ4n) is 5.52. The Bertz CT molecular complexity index is 1480. The van der Waals surface area contributed by atoms with Crippen LogP contribution >= 0.6 is 11.6 Å². The Morgan fingerprint density at radius 2 is 1.82 bits per heavy atom. The zero-order valence-electron chi connectivity index (χ0n) is 26.4. The summed E-state index contributed by atoms with van der Waals surface area (Å²) in [4.78, 5) is 31.5. The second-order valence-electron chi connectivity index (χ2n) is 10.4. The standard InChI is InChI=1S/C30H34ClN5O2.C2H6.2CH2O/c1-19-7-5-8-22(13-19)25-14-20(2)24(15-26(25)31)27-28(32)30(38-29(27)37)10-6-12-36(18-30)17-21(3)33-16-23-9-11-34-35(23)4;3*1-2/h5,7-9,11,13-15,33H,3,6,10,12,16-18,32H2,1-2,4H3;1-2H3;2*1H2. The highest BCUT2D eigenvalue weighted by Crippen LogP contribution is 2.43. The number of likely N-dealkylation sites (tertiary alicyclic amines) is 1. The summed E-state index contributed by atoms with van der Waals surface area (Å²) in [5.41, 5.74) is 13.6. The first-order chi connectivity index (χ1) is 21.2. The summed E-state index contributed by atoms with van der Waals surface area (Å²) in [5.74, 6) is -0.389. The maximum Gasteiger partial charge on any atom is 0.341 e. The normalized spacial score (nSPS) is 17.4. The fourth-order valence-corrected chi connectivity index (χ4v) is 5.80. The highest BCUT2D eigenvalue weighted by molar-refractivity contribution is 6.34. The summed E-state index contributed by atoms with van der Waals surface area (Å²) < 4.78 is 7.89. The third kappa shape index (κ3) is 8.03. The summed E-state index contributed by atoms with van der Waals surface area (Å²) in [6, 6.07) is 14.1. The molecule has 5 rings (SSSR count). The average Bonchev–Trinajstić information content (AvgIpc) is 3.54. The third-order valence-electron chi connectivity index (χ3n) is 7.56. The molecule has 3 aromatic rings. The van der Waals surface area contributed by atoms with Crippen LogP contribution in [-0.2, 0) is 32.7 Å². The van der Waals surface area contributed by atoms with E-state index < -0.39 is 5.60 Å². The number of nitrogens with two attached hydrogens (primary N) is 1. The van der Waals surface area contributed by atoms with E-state index in [-0.39, 0.29) is 5.97 Å². The zero-order valence-corrected chi connectivity index (χ0v) is 27.2. The molecule has 1 saturated heterocycles. The number of hydrogen-bond donors (Lipinski definition) is 2. The molecule has 2 aromatic carbocycles. The van der Waals surface area contributed by atoms with E-state index in [1.54, 1.807) is 6.20 Å². The van der Waals surface area contributed by atoms with Gasteiger partial charge in [-0.15, -0.1) is 0 Å². The number of aromatic nitrogens is 2. The van der Waals surface area contributed by atoms with Crippen molar-refractivity contribution in [3.63, 3.8) is 0 Å². The zero-order chi connectivity index (χ0) is 33.0. The number of nitrogens with one attached hydrogen (secondary N) is 1. The molecule has 0 amide bonds. The number of carbonyl (C=O) groups is 3. The van der Waals surface area contributed by atoms with Gasteiger partial charge >= 0.3 is 5.97 Å². The summed E-state index contributed by atoms with van der Waals surface area (Å²) in [6.07, 6.45) is 3.33. The van der Waals surface area contributed by atoms with Gasteiger partial charge in [0, 0.05) is 42.6 Å². The van der Waals surface area contributed by atoms with Crippen LogP contribution in [0, 0.1) is 13.8 Å². The van der Waals surface area contributed by atoms with Crippen LogP contribution in [0.15, 0.2) is 66.6 Å². The minimum atomic E-state index is -0.846. The van der Waals surface area contributed by atoms with Crippen molar-refractivity contribution in [2.24, 2.45) is 12.8 Å². The van der Waals surface area contributed by atoms with Gasteiger partial charge in [0.1, 0.15) is 13.6 Å². The van der Waals surface area contributed by atoms with Crippen LogP contribution in [0.3, 0.4) is 0 Å². The molecule has 10 heteroatoms. The lowest BCUT2D eigenvalue weighted by Crippen LogP contribution is -2.52. The van der Waals surface area contributed by atoms with E-state index >= 15 is 0 Å². The summed E-state index contributed by atoms with van der Waals surface area (Å²) in [5, 5.41) is 8.16. The van der Waals surface area contributed by atoms with Gasteiger partial charge in [0.05, 0.1) is 23.5 Å². The van der Waals surface area contributed by atoms with E-state index in [9.17, 15) is 4.79 Å². The Balaban J connectivity index is 0.00000106. The Kier molecular flexibility index (Phi) is 13.6. The third-order valence-corrected chi connectivity index (χ3v) is 7.87. The van der Waals surface area contributed by atoms with Crippen molar-refractivity contribution in [2.45, 2.75) is 52.7 Å². The van der Waals surface area contributed by atoms with Crippen molar-refractivity contribution in [3.05, 3.63) is 94.0 Å². The fraction of sp³-hybridized carbons (Fsp3) is 0.353. The lowest BCUT2D eigenvalue weighted by Gasteiger charge is -2.40. The molecule has 1 aromatic heterocycles. The minimum Gasteiger partial charge on any atom is -0.448 e. The number of rotatable bonds is 7. The van der Waals surface area contributed by atoms with Crippen LogP contribution in [0.5, 0.6) is 0 Å². The molecule has 9 nitrogen and oxygen atoms in total. The number of nitrogens with zero attached hydrogens (tertiary/aromatic N) is 3. The quantitative estimate of drug-likeness (QED) is 0.338. The lowest BCUT2D eigenvalue weighted by molar-refractivity contribution is -0.149. The summed E-state index contributed by atoms with van der Waals surface area (Å²) >= 11 is 6.75. The number of benzene rings is 2. The number of ether oxygens (including phenoxy) is 1. The van der Waals surface area contributed by atoms with Crippen LogP contribution in [0.1, 0.15) is 49.1 Å². The van der Waals surface area contributed by atoms with Crippen molar-refractivity contribution < 1.29 is 19.1 Å². The van der Waals surface area contributed by atoms with E-state index in [4.69, 9.17) is 31.7 Å². The highest BCUT2D eigenvalue weighted by Gasteiger charge is 2.49. The molecule has 1 fully saturated rings. The number of halogens is 1. The van der Waals surface area contributed by atoms with Crippen LogP contribution < -0.4 is 11.1 Å². The van der Waals surface area contributed by atoms with Gasteiger partial charge in [-0.3, -0.25) is 9.58 Å². The van der Waals surface area contributed by atoms with E-state index in [0.29, 0.717) is 42.3 Å². The SMILES string of the molecule is C=C(CN1CCCC2(C1)OC(=O)C(c1cc(Cl)c(-c3cccc(C)c3)cc1C)=C2N)NCc1ccnn1C.C=O.C=O.CC. The predicted molar refractivity (Wildman–Crippen MR) is 177 cm³/mol. The molecule has 1 spiro atoms. The maximum atomic E-state index is 13.3. The Labute approximate surface area is 265 Å². The second kappa shape index (κ2) is 16.6. The van der Waals surface area contributed by atoms with E-state index in [1.807, 2.05) is 76.4 Å². The van der Waals surface area contributed by atoms with Gasteiger partial charge in [-0.25, -0.2) is 4.79 Å². The van der Waals surface area contributed by atoms with Gasteiger partial charge in [-0.2, -0.15) is 5.10 Å². The van der Waals surface area contributed by atoms with Crippen LogP contribution in [-0.4, -0.2) is 59.5 Å². The van der Waals surface area contributed by atoms with Crippen molar-refractivity contribution in [1.82, 2.24) is 20.0 Å². The number of hydrogen-bond acceptors (Lipinski definition) is 8. The predicted octanol–water partition coefficient (Wildman–Crippen LogP) is 5.38. The largest absolute Gasteiger partial charge is 0.448 e. The van der Waals surface area contributed by atoms with E-state index in [2.05, 4.69) is 41.0 Å². The van der Waals surface area contributed by atoms with Gasteiger partial charge in [0.2, 0.25) is 0 Å². The average molecular weight is 622 g/mol. The molecular weight excluding hydrogens is 578 g/mol. The van der Waals surface area contributed by atoms with Crippen molar-refractivity contribution in [3.8, 4) is 11.1 Å². The molecule has 0 bridgehead atoms. The summed E-state index contributed by atoms with van der Waals surface area (Å²) in [7, 11) is 1.92. The van der Waals surface area contributed by atoms with Gasteiger partial charge in [-0.1, -0.05) is 61.9 Å². The molecule has 1 unspecified atom stereocenters. The molecule has 0 aliphatic carbocycles. The molecule has 0 saturated carbocycles. The van der Waals surface area contributed by atoms with E-state index in [0.717, 1.165) is 52.2 Å². The number of aryl methyl sites for hydroxylation is 3. The first-order valence-corrected chi connectivity index (χ1v) is 14.8. The minimum absolute atomic E-state index is 0.389. The number of piperidine rings is 1. The van der Waals surface area contributed by atoms with Gasteiger partial charge in [0.15, 0.2) is 5.60 Å². The van der Waals surface area contributed by atoms with Crippen molar-refractivity contribution >= 4 is 36.7 Å². The van der Waals surface area contributed by atoms with Gasteiger partial charge in [-0.05, 0) is 68.1 Å². The molecule has 44 heavy (non-hydrogen) atoms. The molecular formula is C34H44ClN5O4. The molecule has 2 aliphatic rings. The van der Waals surface area contributed by atoms with Crippen molar-refractivity contribution in [2.75, 3.05) is 19.6 Å². The molecule has 0 radical (unpaired) electrons. The van der Waals surface area contributed by atoms with Crippen LogP contribution in [0.25, 0.3) is 16.7 Å². The Hall–Kier alpha value is -4.21. The summed E-state index contributed by atoms with van der Waals surface area (Å²) in [6.45, 7) is 18.9.